The van der Waals surface area contributed by atoms with Crippen molar-refractivity contribution in [3.05, 3.63) is 11.9 Å². The number of hydrogen-bond donors (Lipinski definition) is 0. The van der Waals surface area contributed by atoms with Crippen LogP contribution in [0.4, 0.5) is 0 Å². The second kappa shape index (κ2) is 3.17. The first-order valence-corrected chi connectivity index (χ1v) is 5.18. The molecule has 3 nitrogen and oxygen atoms in total. The summed E-state index contributed by atoms with van der Waals surface area (Å²) in [6.45, 7) is 6.42. The van der Waals surface area contributed by atoms with E-state index in [-0.39, 0.29) is 0 Å². The standard InChI is InChI=1S/C7H15N3Si/c1-5(2)7-4-10(6(3)11)9-8-7/h4-6H,1-3,11H3. The summed E-state index contributed by atoms with van der Waals surface area (Å²) in [4.78, 5) is 0. The van der Waals surface area contributed by atoms with Gasteiger partial charge in [0.25, 0.3) is 0 Å². The molecule has 1 aromatic rings. The van der Waals surface area contributed by atoms with Gasteiger partial charge in [0.05, 0.1) is 5.69 Å². The van der Waals surface area contributed by atoms with Crippen LogP contribution < -0.4 is 0 Å². The van der Waals surface area contributed by atoms with Crippen LogP contribution in [0.3, 0.4) is 0 Å². The highest BCUT2D eigenvalue weighted by atomic mass is 28.1. The van der Waals surface area contributed by atoms with Gasteiger partial charge in [0, 0.05) is 22.1 Å². The molecule has 4 heteroatoms. The van der Waals surface area contributed by atoms with Crippen LogP contribution in [0.15, 0.2) is 6.20 Å². The Labute approximate surface area is 70.2 Å². The van der Waals surface area contributed by atoms with Crippen molar-refractivity contribution < 1.29 is 0 Å². The number of rotatable bonds is 2. The molecule has 62 valence electrons. The summed E-state index contributed by atoms with van der Waals surface area (Å²) in [6.07, 6.45) is 2.04. The van der Waals surface area contributed by atoms with E-state index in [4.69, 9.17) is 0 Å². The molecule has 0 spiro atoms. The zero-order chi connectivity index (χ0) is 8.43. The first-order valence-electron chi connectivity index (χ1n) is 4.03. The van der Waals surface area contributed by atoms with Gasteiger partial charge in [-0.1, -0.05) is 19.1 Å². The number of aromatic nitrogens is 3. The van der Waals surface area contributed by atoms with Crippen molar-refractivity contribution in [1.82, 2.24) is 15.0 Å². The van der Waals surface area contributed by atoms with E-state index in [2.05, 4.69) is 31.1 Å². The van der Waals surface area contributed by atoms with Crippen LogP contribution >= 0.6 is 0 Å². The second-order valence-electron chi connectivity index (χ2n) is 3.37. The van der Waals surface area contributed by atoms with Crippen molar-refractivity contribution >= 4 is 10.2 Å². The summed E-state index contributed by atoms with van der Waals surface area (Å²) in [6, 6.07) is 0. The van der Waals surface area contributed by atoms with Gasteiger partial charge in [-0.25, -0.2) is 0 Å². The molecule has 0 aliphatic heterocycles. The fraction of sp³-hybridized carbons (Fsp3) is 0.714. The Balaban J connectivity index is 2.82. The minimum Gasteiger partial charge on any atom is -0.254 e. The molecule has 11 heavy (non-hydrogen) atoms. The average Bonchev–Trinajstić information content (AvgIpc) is 2.33. The summed E-state index contributed by atoms with van der Waals surface area (Å²) in [7, 11) is 1.13. The van der Waals surface area contributed by atoms with Crippen LogP contribution in [0.25, 0.3) is 0 Å². The topological polar surface area (TPSA) is 30.7 Å². The van der Waals surface area contributed by atoms with E-state index in [1.165, 1.54) is 0 Å². The molecule has 0 aliphatic rings. The summed E-state index contributed by atoms with van der Waals surface area (Å²) in [5.74, 6) is 0.490. The Hall–Kier alpha value is -0.643. The third kappa shape index (κ3) is 1.89. The Morgan fingerprint density at radius 1 is 1.45 bits per heavy atom. The molecule has 0 bridgehead atoms. The fourth-order valence-electron chi connectivity index (χ4n) is 0.807. The predicted octanol–water partition coefficient (Wildman–Crippen LogP) is 0.285. The molecule has 1 rings (SSSR count). The van der Waals surface area contributed by atoms with Crippen molar-refractivity contribution in [3.8, 4) is 0 Å². The Morgan fingerprint density at radius 2 is 2.09 bits per heavy atom. The van der Waals surface area contributed by atoms with Gasteiger partial charge in [0.1, 0.15) is 0 Å². The lowest BCUT2D eigenvalue weighted by Crippen LogP contribution is -2.04. The molecule has 0 amide bonds. The van der Waals surface area contributed by atoms with Crippen molar-refractivity contribution in [3.63, 3.8) is 0 Å². The molecule has 1 heterocycles. The normalized spacial score (nSPS) is 14.2. The van der Waals surface area contributed by atoms with Crippen LogP contribution in [0.2, 0.25) is 0 Å². The van der Waals surface area contributed by atoms with Crippen molar-refractivity contribution in [2.45, 2.75) is 32.4 Å². The van der Waals surface area contributed by atoms with Gasteiger partial charge in [-0.2, -0.15) is 0 Å². The average molecular weight is 169 g/mol. The number of nitrogens with zero attached hydrogens (tertiary/aromatic N) is 3. The van der Waals surface area contributed by atoms with Crippen LogP contribution in [0, 0.1) is 0 Å². The van der Waals surface area contributed by atoms with E-state index in [0.717, 1.165) is 15.9 Å². The third-order valence-corrected chi connectivity index (χ3v) is 2.18. The highest BCUT2D eigenvalue weighted by Gasteiger charge is 2.05. The molecule has 0 fully saturated rings. The van der Waals surface area contributed by atoms with E-state index in [9.17, 15) is 0 Å². The largest absolute Gasteiger partial charge is 0.254 e. The maximum atomic E-state index is 4.07. The van der Waals surface area contributed by atoms with Gasteiger partial charge >= 0.3 is 0 Å². The van der Waals surface area contributed by atoms with Gasteiger partial charge < -0.3 is 0 Å². The zero-order valence-electron chi connectivity index (χ0n) is 7.57. The molecule has 0 aromatic carbocycles. The second-order valence-corrected chi connectivity index (χ2v) is 5.04. The SMILES string of the molecule is CC(C)c1cn(C(C)[SiH3])nn1. The molecule has 0 radical (unpaired) electrons. The molecular formula is C7H15N3Si. The van der Waals surface area contributed by atoms with Gasteiger partial charge in [-0.15, -0.1) is 5.10 Å². The van der Waals surface area contributed by atoms with Crippen molar-refractivity contribution in [2.24, 2.45) is 0 Å². The highest BCUT2D eigenvalue weighted by Crippen LogP contribution is 2.10. The fourth-order valence-corrected chi connectivity index (χ4v) is 1.06. The van der Waals surface area contributed by atoms with E-state index in [1.807, 2.05) is 10.9 Å². The minimum absolute atomic E-state index is 0.490. The van der Waals surface area contributed by atoms with E-state index in [1.54, 1.807) is 0 Å². The maximum absolute atomic E-state index is 4.07. The Kier molecular flexibility index (Phi) is 2.44. The molecule has 0 aliphatic carbocycles. The Bertz CT molecular complexity index is 207. The van der Waals surface area contributed by atoms with Crippen LogP contribution in [0.5, 0.6) is 0 Å². The van der Waals surface area contributed by atoms with Gasteiger partial charge in [-0.05, 0) is 12.8 Å². The lowest BCUT2D eigenvalue weighted by molar-refractivity contribution is 0.602. The van der Waals surface area contributed by atoms with E-state index < -0.39 is 0 Å². The smallest absolute Gasteiger partial charge is 0.0852 e. The van der Waals surface area contributed by atoms with Gasteiger partial charge in [0.2, 0.25) is 0 Å². The first kappa shape index (κ1) is 8.45. The summed E-state index contributed by atoms with van der Waals surface area (Å²) in [5.41, 5.74) is 1.64. The molecule has 1 unspecified atom stereocenters. The van der Waals surface area contributed by atoms with E-state index >= 15 is 0 Å². The molecule has 0 saturated carbocycles. The molecule has 1 atom stereocenters. The lowest BCUT2D eigenvalue weighted by Gasteiger charge is -2.01. The van der Waals surface area contributed by atoms with Gasteiger partial charge in [-0.3, -0.25) is 4.68 Å². The van der Waals surface area contributed by atoms with Crippen LogP contribution in [-0.4, -0.2) is 25.2 Å². The molecular weight excluding hydrogens is 154 g/mol. The highest BCUT2D eigenvalue weighted by molar-refractivity contribution is 6.09. The number of hydrogen-bond acceptors (Lipinski definition) is 2. The van der Waals surface area contributed by atoms with Gasteiger partial charge in [0.15, 0.2) is 0 Å². The molecule has 0 saturated heterocycles. The van der Waals surface area contributed by atoms with Crippen molar-refractivity contribution in [2.75, 3.05) is 0 Å². The lowest BCUT2D eigenvalue weighted by atomic mass is 10.2. The third-order valence-electron chi connectivity index (χ3n) is 1.65. The summed E-state index contributed by atoms with van der Waals surface area (Å²) >= 11 is 0. The summed E-state index contributed by atoms with van der Waals surface area (Å²) < 4.78 is 1.95. The molecule has 1 aromatic heterocycles. The van der Waals surface area contributed by atoms with Crippen LogP contribution in [0.1, 0.15) is 38.0 Å². The monoisotopic (exact) mass is 169 g/mol. The quantitative estimate of drug-likeness (QED) is 0.596. The molecule has 0 N–H and O–H groups in total. The van der Waals surface area contributed by atoms with Crippen LogP contribution in [-0.2, 0) is 0 Å². The maximum Gasteiger partial charge on any atom is 0.0852 e. The Morgan fingerprint density at radius 3 is 2.36 bits per heavy atom. The first-order chi connectivity index (χ1) is 5.11. The zero-order valence-corrected chi connectivity index (χ0v) is 9.57. The minimum atomic E-state index is 0.490. The van der Waals surface area contributed by atoms with E-state index in [0.29, 0.717) is 11.6 Å². The summed E-state index contributed by atoms with van der Waals surface area (Å²) in [5, 5.41) is 8.11. The van der Waals surface area contributed by atoms with Crippen molar-refractivity contribution in [1.29, 1.82) is 0 Å². The predicted molar refractivity (Wildman–Crippen MR) is 48.8 cm³/mol.